The van der Waals surface area contributed by atoms with Gasteiger partial charge in [-0.2, -0.15) is 0 Å². The van der Waals surface area contributed by atoms with Gasteiger partial charge in [0.1, 0.15) is 0 Å². The van der Waals surface area contributed by atoms with Crippen LogP contribution in [0.1, 0.15) is 80.1 Å². The third kappa shape index (κ3) is 4.83. The summed E-state index contributed by atoms with van der Waals surface area (Å²) in [5, 5.41) is 0. The smallest absolute Gasteiger partial charge is 0.158 e. The van der Waals surface area contributed by atoms with Crippen LogP contribution in [-0.4, -0.2) is 18.0 Å². The van der Waals surface area contributed by atoms with Crippen molar-refractivity contribution in [2.75, 3.05) is 0 Å². The molecule has 2 fully saturated rings. The molecule has 1 aliphatic carbocycles. The molecule has 0 N–H and O–H groups in total. The summed E-state index contributed by atoms with van der Waals surface area (Å²) in [6.07, 6.45) is 9.93. The first kappa shape index (κ1) is 18.0. The van der Waals surface area contributed by atoms with Gasteiger partial charge in [0.05, 0.1) is 11.7 Å². The van der Waals surface area contributed by atoms with Crippen molar-refractivity contribution in [2.24, 2.45) is 17.8 Å². The first-order valence-electron chi connectivity index (χ1n) is 9.24. The zero-order chi connectivity index (χ0) is 16.3. The Balaban J connectivity index is 1.88. The maximum atomic E-state index is 6.36. The second kappa shape index (κ2) is 7.49. The molecule has 1 saturated carbocycles. The standard InChI is InChI=1S/C20H36O2/c1-14(2)8-7-9-15(3)13-19-21-18-12-16(4)10-11-17(18)20(5,6)22-19/h8,15-19H,7,9-13H2,1-6H3/t15?,16?,17?,18?,19-/m1/s1. The Kier molecular flexibility index (Phi) is 6.13. The van der Waals surface area contributed by atoms with Crippen molar-refractivity contribution in [3.8, 4) is 0 Å². The Bertz CT molecular complexity index is 381. The molecule has 0 aromatic heterocycles. The molecule has 1 aliphatic heterocycles. The van der Waals surface area contributed by atoms with Gasteiger partial charge >= 0.3 is 0 Å². The molecule has 0 aromatic carbocycles. The van der Waals surface area contributed by atoms with Crippen LogP contribution in [0.4, 0.5) is 0 Å². The Morgan fingerprint density at radius 3 is 2.68 bits per heavy atom. The second-order valence-corrected chi connectivity index (χ2v) is 8.55. The van der Waals surface area contributed by atoms with Crippen molar-refractivity contribution in [3.05, 3.63) is 11.6 Å². The van der Waals surface area contributed by atoms with E-state index in [0.29, 0.717) is 17.9 Å². The normalized spacial score (nSPS) is 35.5. The van der Waals surface area contributed by atoms with E-state index >= 15 is 0 Å². The summed E-state index contributed by atoms with van der Waals surface area (Å²) in [6, 6.07) is 0. The van der Waals surface area contributed by atoms with Crippen LogP contribution >= 0.6 is 0 Å². The van der Waals surface area contributed by atoms with Crippen molar-refractivity contribution in [3.63, 3.8) is 0 Å². The highest BCUT2D eigenvalue weighted by Crippen LogP contribution is 2.44. The number of ether oxygens (including phenoxy) is 2. The fraction of sp³-hybridized carbons (Fsp3) is 0.900. The van der Waals surface area contributed by atoms with Crippen molar-refractivity contribution in [1.82, 2.24) is 0 Å². The van der Waals surface area contributed by atoms with Gasteiger partial charge in [0.25, 0.3) is 0 Å². The maximum Gasteiger partial charge on any atom is 0.158 e. The van der Waals surface area contributed by atoms with Gasteiger partial charge in [-0.25, -0.2) is 0 Å². The number of fused-ring (bicyclic) bond motifs is 1. The molecule has 0 amide bonds. The minimum absolute atomic E-state index is 0.0109. The average Bonchev–Trinajstić information content (AvgIpc) is 2.36. The summed E-state index contributed by atoms with van der Waals surface area (Å²) in [5.41, 5.74) is 1.38. The lowest BCUT2D eigenvalue weighted by atomic mass is 9.72. The number of hydrogen-bond acceptors (Lipinski definition) is 2. The van der Waals surface area contributed by atoms with Gasteiger partial charge in [0.15, 0.2) is 6.29 Å². The van der Waals surface area contributed by atoms with Crippen LogP contribution in [0.3, 0.4) is 0 Å². The molecule has 2 aliphatic rings. The molecule has 2 nitrogen and oxygen atoms in total. The van der Waals surface area contributed by atoms with Crippen LogP contribution in [0.15, 0.2) is 11.6 Å². The van der Waals surface area contributed by atoms with Crippen LogP contribution in [0.25, 0.3) is 0 Å². The lowest BCUT2D eigenvalue weighted by Crippen LogP contribution is -2.54. The van der Waals surface area contributed by atoms with E-state index in [1.807, 2.05) is 0 Å². The molecule has 0 spiro atoms. The summed E-state index contributed by atoms with van der Waals surface area (Å²) in [6.45, 7) is 13.6. The van der Waals surface area contributed by atoms with E-state index in [0.717, 1.165) is 12.3 Å². The average molecular weight is 309 g/mol. The number of rotatable bonds is 5. The van der Waals surface area contributed by atoms with E-state index in [2.05, 4.69) is 47.6 Å². The van der Waals surface area contributed by atoms with Crippen molar-refractivity contribution < 1.29 is 9.47 Å². The summed E-state index contributed by atoms with van der Waals surface area (Å²) in [5.74, 6) is 2.01. The summed E-state index contributed by atoms with van der Waals surface area (Å²) >= 11 is 0. The van der Waals surface area contributed by atoms with Crippen LogP contribution in [0.5, 0.6) is 0 Å². The van der Waals surface area contributed by atoms with Crippen LogP contribution in [0, 0.1) is 17.8 Å². The van der Waals surface area contributed by atoms with Gasteiger partial charge < -0.3 is 9.47 Å². The predicted octanol–water partition coefficient (Wildman–Crippen LogP) is 5.72. The zero-order valence-electron chi connectivity index (χ0n) is 15.5. The first-order valence-corrected chi connectivity index (χ1v) is 9.24. The third-order valence-electron chi connectivity index (χ3n) is 5.52. The zero-order valence-corrected chi connectivity index (χ0v) is 15.5. The van der Waals surface area contributed by atoms with Crippen molar-refractivity contribution >= 4 is 0 Å². The van der Waals surface area contributed by atoms with Crippen LogP contribution in [-0.2, 0) is 9.47 Å². The van der Waals surface area contributed by atoms with E-state index in [9.17, 15) is 0 Å². The Morgan fingerprint density at radius 1 is 1.27 bits per heavy atom. The largest absolute Gasteiger partial charge is 0.349 e. The van der Waals surface area contributed by atoms with E-state index in [1.165, 1.54) is 37.7 Å². The molecule has 0 bridgehead atoms. The fourth-order valence-corrected chi connectivity index (χ4v) is 4.13. The molecule has 0 radical (unpaired) electrons. The first-order chi connectivity index (χ1) is 10.3. The molecular weight excluding hydrogens is 272 g/mol. The predicted molar refractivity (Wildman–Crippen MR) is 92.8 cm³/mol. The minimum atomic E-state index is -0.0344. The van der Waals surface area contributed by atoms with Crippen LogP contribution < -0.4 is 0 Å². The molecule has 2 rings (SSSR count). The SMILES string of the molecule is CC(C)=CCCC(C)C[C@@H]1OC2CC(C)CCC2C(C)(C)O1. The summed E-state index contributed by atoms with van der Waals surface area (Å²) < 4.78 is 12.7. The van der Waals surface area contributed by atoms with E-state index in [4.69, 9.17) is 9.47 Å². The molecule has 4 unspecified atom stereocenters. The minimum Gasteiger partial charge on any atom is -0.349 e. The Morgan fingerprint density at radius 2 is 2.00 bits per heavy atom. The molecule has 1 saturated heterocycles. The highest BCUT2D eigenvalue weighted by atomic mass is 16.7. The maximum absolute atomic E-state index is 6.36. The molecule has 5 atom stereocenters. The molecular formula is C20H36O2. The van der Waals surface area contributed by atoms with Gasteiger partial charge in [-0.15, -0.1) is 0 Å². The van der Waals surface area contributed by atoms with E-state index in [-0.39, 0.29) is 11.9 Å². The lowest BCUT2D eigenvalue weighted by molar-refractivity contribution is -0.312. The molecule has 128 valence electrons. The Hall–Kier alpha value is -0.340. The quantitative estimate of drug-likeness (QED) is 0.605. The van der Waals surface area contributed by atoms with Crippen LogP contribution in [0.2, 0.25) is 0 Å². The highest BCUT2D eigenvalue weighted by Gasteiger charge is 2.46. The molecule has 2 heteroatoms. The highest BCUT2D eigenvalue weighted by molar-refractivity contribution is 4.94. The van der Waals surface area contributed by atoms with Gasteiger partial charge in [-0.05, 0) is 65.2 Å². The van der Waals surface area contributed by atoms with Crippen molar-refractivity contribution in [1.29, 1.82) is 0 Å². The molecule has 0 aromatic rings. The summed E-state index contributed by atoms with van der Waals surface area (Å²) in [7, 11) is 0. The van der Waals surface area contributed by atoms with E-state index < -0.39 is 0 Å². The van der Waals surface area contributed by atoms with Gasteiger partial charge in [0, 0.05) is 12.3 Å². The second-order valence-electron chi connectivity index (χ2n) is 8.55. The summed E-state index contributed by atoms with van der Waals surface area (Å²) in [4.78, 5) is 0. The van der Waals surface area contributed by atoms with E-state index in [1.54, 1.807) is 0 Å². The third-order valence-corrected chi connectivity index (χ3v) is 5.52. The van der Waals surface area contributed by atoms with Gasteiger partial charge in [-0.3, -0.25) is 0 Å². The molecule has 22 heavy (non-hydrogen) atoms. The lowest BCUT2D eigenvalue weighted by Gasteiger charge is -2.50. The fourth-order valence-electron chi connectivity index (χ4n) is 4.13. The number of hydrogen-bond donors (Lipinski definition) is 0. The topological polar surface area (TPSA) is 18.5 Å². The van der Waals surface area contributed by atoms with Crippen molar-refractivity contribution in [2.45, 2.75) is 98.1 Å². The van der Waals surface area contributed by atoms with Gasteiger partial charge in [0.2, 0.25) is 0 Å². The van der Waals surface area contributed by atoms with Gasteiger partial charge in [-0.1, -0.05) is 31.9 Å². The number of allylic oxidation sites excluding steroid dienone is 2. The molecule has 1 heterocycles. The monoisotopic (exact) mass is 308 g/mol. The Labute approximate surface area is 137 Å².